The van der Waals surface area contributed by atoms with Crippen molar-refractivity contribution in [1.82, 2.24) is 15.2 Å². The Balaban J connectivity index is 1.92. The van der Waals surface area contributed by atoms with E-state index in [1.54, 1.807) is 12.1 Å². The molecule has 4 N–H and O–H groups in total. The lowest BCUT2D eigenvalue weighted by Gasteiger charge is -2.26. The third-order valence-electron chi connectivity index (χ3n) is 3.25. The monoisotopic (exact) mass is 303 g/mol. The average molecular weight is 303 g/mol. The molecule has 114 valence electrons. The maximum atomic E-state index is 12.3. The van der Waals surface area contributed by atoms with Gasteiger partial charge in [-0.05, 0) is 12.1 Å². The number of aromatic nitrogens is 1. The summed E-state index contributed by atoms with van der Waals surface area (Å²) in [7, 11) is 0. The zero-order valence-electron chi connectivity index (χ0n) is 11.5. The molecule has 0 spiro atoms. The van der Waals surface area contributed by atoms with Crippen molar-refractivity contribution < 1.29 is 18.8 Å². The van der Waals surface area contributed by atoms with Crippen LogP contribution in [0.2, 0.25) is 0 Å². The molecule has 9 nitrogen and oxygen atoms in total. The Bertz CT molecular complexity index is 769. The van der Waals surface area contributed by atoms with Gasteiger partial charge < -0.3 is 25.7 Å². The first-order valence-corrected chi connectivity index (χ1v) is 6.56. The minimum absolute atomic E-state index is 0.0498. The van der Waals surface area contributed by atoms with Crippen molar-refractivity contribution in [1.29, 1.82) is 0 Å². The van der Waals surface area contributed by atoms with Crippen LogP contribution in [0.4, 0.5) is 10.5 Å². The molecule has 1 saturated heterocycles. The number of anilines is 1. The zero-order valence-corrected chi connectivity index (χ0v) is 11.5. The highest BCUT2D eigenvalue weighted by molar-refractivity contribution is 6.09. The van der Waals surface area contributed by atoms with Crippen LogP contribution in [0.25, 0.3) is 11.1 Å². The van der Waals surface area contributed by atoms with Crippen LogP contribution in [-0.2, 0) is 4.79 Å². The lowest BCUT2D eigenvalue weighted by atomic mass is 10.2. The van der Waals surface area contributed by atoms with Crippen molar-refractivity contribution in [2.75, 3.05) is 25.0 Å². The molecule has 0 bridgehead atoms. The molecule has 0 saturated carbocycles. The number of rotatable bonds is 2. The highest BCUT2D eigenvalue weighted by Gasteiger charge is 2.25. The van der Waals surface area contributed by atoms with Gasteiger partial charge in [0.1, 0.15) is 12.2 Å². The maximum absolute atomic E-state index is 12.3. The minimum Gasteiger partial charge on any atom is -0.430 e. The van der Waals surface area contributed by atoms with Crippen molar-refractivity contribution in [3.8, 4) is 0 Å². The maximum Gasteiger partial charge on any atom is 0.322 e. The van der Waals surface area contributed by atoms with Crippen molar-refractivity contribution >= 4 is 34.6 Å². The number of hydrogen-bond donors (Lipinski definition) is 3. The average Bonchev–Trinajstić information content (AvgIpc) is 2.86. The number of furan rings is 1. The van der Waals surface area contributed by atoms with E-state index in [-0.39, 0.29) is 29.6 Å². The molecular weight excluding hydrogens is 290 g/mol. The van der Waals surface area contributed by atoms with Gasteiger partial charge in [-0.3, -0.25) is 9.59 Å². The number of carbonyl (C=O) groups is 3. The Morgan fingerprint density at radius 1 is 1.45 bits per heavy atom. The highest BCUT2D eigenvalue weighted by atomic mass is 16.4. The van der Waals surface area contributed by atoms with Crippen molar-refractivity contribution in [2.24, 2.45) is 5.73 Å². The largest absolute Gasteiger partial charge is 0.430 e. The topological polar surface area (TPSA) is 131 Å². The van der Waals surface area contributed by atoms with Crippen LogP contribution in [-0.4, -0.2) is 47.4 Å². The fourth-order valence-corrected chi connectivity index (χ4v) is 2.23. The predicted octanol–water partition coefficient (Wildman–Crippen LogP) is -0.110. The second-order valence-electron chi connectivity index (χ2n) is 4.73. The summed E-state index contributed by atoms with van der Waals surface area (Å²) in [5, 5.41) is 5.66. The van der Waals surface area contributed by atoms with Gasteiger partial charge in [0, 0.05) is 19.3 Å². The number of piperazine rings is 1. The summed E-state index contributed by atoms with van der Waals surface area (Å²) in [4.78, 5) is 40.4. The lowest BCUT2D eigenvalue weighted by Crippen LogP contribution is -2.51. The van der Waals surface area contributed by atoms with Crippen molar-refractivity contribution in [2.45, 2.75) is 0 Å². The third-order valence-corrected chi connectivity index (χ3v) is 3.25. The number of nitrogens with zero attached hydrogens (tertiary/aromatic N) is 2. The van der Waals surface area contributed by atoms with Gasteiger partial charge in [0.2, 0.25) is 17.4 Å². The van der Waals surface area contributed by atoms with Crippen LogP contribution in [0.1, 0.15) is 10.6 Å². The molecule has 1 fully saturated rings. The fourth-order valence-electron chi connectivity index (χ4n) is 2.23. The summed E-state index contributed by atoms with van der Waals surface area (Å²) < 4.78 is 5.27. The van der Waals surface area contributed by atoms with Crippen LogP contribution >= 0.6 is 0 Å². The van der Waals surface area contributed by atoms with Crippen LogP contribution in [0, 0.1) is 0 Å². The molecule has 0 aliphatic carbocycles. The number of amides is 4. The lowest BCUT2D eigenvalue weighted by molar-refractivity contribution is -0.123. The van der Waals surface area contributed by atoms with E-state index in [9.17, 15) is 14.4 Å². The molecule has 3 rings (SSSR count). The molecule has 1 aliphatic rings. The van der Waals surface area contributed by atoms with Crippen LogP contribution in [0.5, 0.6) is 0 Å². The van der Waals surface area contributed by atoms with E-state index in [1.807, 2.05) is 0 Å². The van der Waals surface area contributed by atoms with Gasteiger partial charge in [0.25, 0.3) is 5.91 Å². The summed E-state index contributed by atoms with van der Waals surface area (Å²) in [6, 6.07) is 2.78. The Morgan fingerprint density at radius 2 is 2.27 bits per heavy atom. The number of hydrogen-bond acceptors (Lipinski definition) is 5. The summed E-state index contributed by atoms with van der Waals surface area (Å²) in [5.74, 6) is -1.23. The molecular formula is C13H13N5O4. The molecule has 2 aromatic rings. The minimum atomic E-state index is -0.815. The van der Waals surface area contributed by atoms with E-state index < -0.39 is 11.9 Å². The van der Waals surface area contributed by atoms with Gasteiger partial charge in [-0.2, -0.15) is 0 Å². The van der Waals surface area contributed by atoms with E-state index in [1.165, 1.54) is 11.1 Å². The normalized spacial score (nSPS) is 14.7. The molecule has 9 heteroatoms. The van der Waals surface area contributed by atoms with E-state index in [0.29, 0.717) is 18.5 Å². The standard InChI is InChI=1S/C13H13N5O4/c14-11(20)10-9(7-2-1-3-16-12(7)22-10)17-13(21)18-5-4-15-8(19)6-18/h1-3H,4-6H2,(H2,14,20)(H,15,19)(H,17,21). The second-order valence-corrected chi connectivity index (χ2v) is 4.73. The number of urea groups is 1. The quantitative estimate of drug-likeness (QED) is 0.712. The Morgan fingerprint density at radius 3 is 3.00 bits per heavy atom. The first-order chi connectivity index (χ1) is 10.6. The number of nitrogens with one attached hydrogen (secondary N) is 2. The summed E-state index contributed by atoms with van der Waals surface area (Å²) in [6.45, 7) is 0.700. The van der Waals surface area contributed by atoms with Gasteiger partial charge in [-0.15, -0.1) is 0 Å². The number of fused-ring (bicyclic) bond motifs is 1. The van der Waals surface area contributed by atoms with Crippen molar-refractivity contribution in [3.63, 3.8) is 0 Å². The fraction of sp³-hybridized carbons (Fsp3) is 0.231. The molecule has 1 aliphatic heterocycles. The SMILES string of the molecule is NC(=O)c1oc2ncccc2c1NC(=O)N1CCNC(=O)C1. The third kappa shape index (κ3) is 2.43. The summed E-state index contributed by atoms with van der Waals surface area (Å²) >= 11 is 0. The number of carbonyl (C=O) groups excluding carboxylic acids is 3. The van der Waals surface area contributed by atoms with Gasteiger partial charge in [0.15, 0.2) is 0 Å². The molecule has 0 radical (unpaired) electrons. The summed E-state index contributed by atoms with van der Waals surface area (Å²) in [6.07, 6.45) is 1.50. The molecule has 4 amide bonds. The molecule has 0 atom stereocenters. The van der Waals surface area contributed by atoms with Crippen LogP contribution < -0.4 is 16.4 Å². The smallest absolute Gasteiger partial charge is 0.322 e. The van der Waals surface area contributed by atoms with Gasteiger partial charge >= 0.3 is 6.03 Å². The number of pyridine rings is 1. The van der Waals surface area contributed by atoms with E-state index >= 15 is 0 Å². The van der Waals surface area contributed by atoms with E-state index in [4.69, 9.17) is 10.2 Å². The molecule has 2 aromatic heterocycles. The molecule has 0 unspecified atom stereocenters. The first kappa shape index (κ1) is 13.9. The number of primary amides is 1. The summed E-state index contributed by atoms with van der Waals surface area (Å²) in [5.41, 5.74) is 5.62. The molecule has 0 aromatic carbocycles. The van der Waals surface area contributed by atoms with Gasteiger partial charge in [-0.1, -0.05) is 0 Å². The van der Waals surface area contributed by atoms with Crippen LogP contribution in [0.15, 0.2) is 22.7 Å². The van der Waals surface area contributed by atoms with Crippen LogP contribution in [0.3, 0.4) is 0 Å². The van der Waals surface area contributed by atoms with Gasteiger partial charge in [-0.25, -0.2) is 9.78 Å². The molecule has 22 heavy (non-hydrogen) atoms. The van der Waals surface area contributed by atoms with E-state index in [0.717, 1.165) is 0 Å². The van der Waals surface area contributed by atoms with Crippen molar-refractivity contribution in [3.05, 3.63) is 24.1 Å². The second kappa shape index (κ2) is 5.35. The van der Waals surface area contributed by atoms with E-state index in [2.05, 4.69) is 15.6 Å². The highest BCUT2D eigenvalue weighted by Crippen LogP contribution is 2.29. The number of nitrogens with two attached hydrogens (primary N) is 1. The Labute approximate surface area is 124 Å². The Kier molecular flexibility index (Phi) is 3.37. The first-order valence-electron chi connectivity index (χ1n) is 6.56. The Hall–Kier alpha value is -3.10. The zero-order chi connectivity index (χ0) is 15.7. The van der Waals surface area contributed by atoms with Gasteiger partial charge in [0.05, 0.1) is 5.39 Å². The molecule has 3 heterocycles. The predicted molar refractivity (Wildman–Crippen MR) is 76.1 cm³/mol.